The molecule has 402 valence electrons. The molecule has 13 nitrogen and oxygen atoms in total. The number of hydrogen-bond acceptors (Lipinski definition) is 12. The molecule has 0 saturated heterocycles. The Hall–Kier alpha value is -2.19. The Balaban J connectivity index is 2.35. The van der Waals surface area contributed by atoms with E-state index >= 15 is 0 Å². The zero-order chi connectivity index (χ0) is 50.6. The van der Waals surface area contributed by atoms with Crippen LogP contribution in [0.1, 0.15) is 232 Å². The monoisotopic (exact) mass is 999 g/mol. The van der Waals surface area contributed by atoms with Gasteiger partial charge >= 0.3 is 19.8 Å². The second-order valence-corrected chi connectivity index (χ2v) is 20.5. The number of unbranched alkanes of at least 4 members (excludes halogenated alkanes) is 26. The lowest BCUT2D eigenvalue weighted by molar-refractivity contribution is -0.220. The van der Waals surface area contributed by atoms with Crippen molar-refractivity contribution in [2.75, 3.05) is 13.2 Å². The van der Waals surface area contributed by atoms with E-state index in [0.29, 0.717) is 12.8 Å². The number of esters is 2. The molecule has 0 aliphatic heterocycles. The summed E-state index contributed by atoms with van der Waals surface area (Å²) in [5.74, 6) is -1.11. The van der Waals surface area contributed by atoms with E-state index in [1.54, 1.807) is 0 Å². The van der Waals surface area contributed by atoms with E-state index < -0.39 is 75.7 Å². The molecule has 1 saturated carbocycles. The summed E-state index contributed by atoms with van der Waals surface area (Å²) in [4.78, 5) is 35.9. The Morgan fingerprint density at radius 3 is 1.28 bits per heavy atom. The minimum atomic E-state index is -5.13. The Morgan fingerprint density at radius 2 is 0.826 bits per heavy atom. The van der Waals surface area contributed by atoms with Gasteiger partial charge in [-0.15, -0.1) is 0 Å². The quantitative estimate of drug-likeness (QED) is 0.0145. The number of phosphoric ester groups is 1. The molecule has 1 rings (SSSR count). The van der Waals surface area contributed by atoms with Crippen LogP contribution < -0.4 is 0 Å². The normalized spacial score (nSPS) is 21.2. The smallest absolute Gasteiger partial charge is 0.462 e. The first-order chi connectivity index (χ1) is 33.4. The summed E-state index contributed by atoms with van der Waals surface area (Å²) in [6.45, 7) is 3.21. The van der Waals surface area contributed by atoms with Crippen LogP contribution in [-0.4, -0.2) is 98.3 Å². The Bertz CT molecular complexity index is 1390. The second kappa shape index (κ2) is 44.5. The molecule has 6 N–H and O–H groups in total. The third-order valence-electron chi connectivity index (χ3n) is 12.7. The van der Waals surface area contributed by atoms with Gasteiger partial charge in [-0.25, -0.2) is 4.57 Å². The van der Waals surface area contributed by atoms with E-state index in [0.717, 1.165) is 83.5 Å². The number of carbonyl (C=O) groups is 2. The van der Waals surface area contributed by atoms with E-state index in [4.69, 9.17) is 18.5 Å². The molecule has 0 aromatic carbocycles. The summed E-state index contributed by atoms with van der Waals surface area (Å²) in [5, 5.41) is 50.3. The molecular weight excluding hydrogens is 900 g/mol. The minimum Gasteiger partial charge on any atom is -0.462 e. The lowest BCUT2D eigenvalue weighted by Crippen LogP contribution is -2.64. The fourth-order valence-corrected chi connectivity index (χ4v) is 9.27. The number of aliphatic hydroxyl groups is 5. The van der Waals surface area contributed by atoms with E-state index in [1.807, 2.05) is 0 Å². The van der Waals surface area contributed by atoms with Crippen molar-refractivity contribution in [3.8, 4) is 0 Å². The predicted molar refractivity (Wildman–Crippen MR) is 276 cm³/mol. The maximum Gasteiger partial charge on any atom is 0.472 e. The van der Waals surface area contributed by atoms with Gasteiger partial charge in [-0.1, -0.05) is 197 Å². The van der Waals surface area contributed by atoms with Crippen LogP contribution in [0.2, 0.25) is 0 Å². The van der Waals surface area contributed by atoms with Gasteiger partial charge in [0.2, 0.25) is 0 Å². The molecule has 69 heavy (non-hydrogen) atoms. The number of allylic oxidation sites excluding steroid dienone is 8. The molecule has 0 aromatic heterocycles. The number of hydrogen-bond donors (Lipinski definition) is 6. The van der Waals surface area contributed by atoms with Gasteiger partial charge in [0.05, 0.1) is 6.61 Å². The zero-order valence-corrected chi connectivity index (χ0v) is 44.0. The van der Waals surface area contributed by atoms with Gasteiger partial charge in [0.25, 0.3) is 0 Å². The molecule has 0 bridgehead atoms. The van der Waals surface area contributed by atoms with Crippen LogP contribution in [0.25, 0.3) is 0 Å². The Kier molecular flexibility index (Phi) is 41.8. The standard InChI is InChI=1S/C55H99O13P/c1-3-5-7-9-11-13-15-17-19-21-22-23-24-25-26-28-29-31-33-35-37-39-41-43-48(56)65-45-47(46-66-69(63,64)68-55-53(61)51(59)50(58)52(60)54(55)62)67-49(57)44-42-40-38-36-34-32-30-27-20-18-16-14-12-10-8-6-4-2/h6,8,12,14,18,20-22,47,50-55,58-62H,3-5,7,9-11,13,15-17,19,23-46H2,1-2H3,(H,63,64)/b8-6-,14-12-,20-18-,22-21-. The molecule has 1 aliphatic rings. The molecule has 6 atom stereocenters. The average Bonchev–Trinajstić information content (AvgIpc) is 3.33. The number of aliphatic hydroxyl groups excluding tert-OH is 5. The first-order valence-electron chi connectivity index (χ1n) is 27.4. The topological polar surface area (TPSA) is 210 Å². The minimum absolute atomic E-state index is 0.0851. The fraction of sp³-hybridized carbons (Fsp3) is 0.818. The van der Waals surface area contributed by atoms with Gasteiger partial charge in [-0.05, 0) is 70.6 Å². The fourth-order valence-electron chi connectivity index (χ4n) is 8.30. The summed E-state index contributed by atoms with van der Waals surface area (Å²) < 4.78 is 33.7. The third-order valence-corrected chi connectivity index (χ3v) is 13.6. The summed E-state index contributed by atoms with van der Waals surface area (Å²) in [6.07, 6.45) is 41.6. The van der Waals surface area contributed by atoms with Gasteiger partial charge in [0.1, 0.15) is 43.2 Å². The van der Waals surface area contributed by atoms with E-state index in [2.05, 4.69) is 62.5 Å². The van der Waals surface area contributed by atoms with Crippen molar-refractivity contribution in [3.05, 3.63) is 48.6 Å². The number of carbonyl (C=O) groups excluding carboxylic acids is 2. The summed E-state index contributed by atoms with van der Waals surface area (Å²) in [6, 6.07) is 0. The number of ether oxygens (including phenoxy) is 2. The summed E-state index contributed by atoms with van der Waals surface area (Å²) in [7, 11) is -5.13. The van der Waals surface area contributed by atoms with E-state index in [1.165, 1.54) is 109 Å². The largest absolute Gasteiger partial charge is 0.472 e. The SMILES string of the molecule is CC/C=C\C/C=C\C/C=C\CCCCCCCCCC(=O)OC(COC(=O)CCCCCCCCCCCCC/C=C\CCCCCCCCCC)COP(=O)(O)OC1C(O)C(O)C(O)C(O)C1O. The van der Waals surface area contributed by atoms with Gasteiger partial charge in [0.15, 0.2) is 6.10 Å². The van der Waals surface area contributed by atoms with Crippen molar-refractivity contribution >= 4 is 19.8 Å². The maximum atomic E-state index is 12.9. The van der Waals surface area contributed by atoms with Crippen LogP contribution in [0.15, 0.2) is 48.6 Å². The van der Waals surface area contributed by atoms with Crippen molar-refractivity contribution in [2.45, 2.75) is 275 Å². The lowest BCUT2D eigenvalue weighted by Gasteiger charge is -2.41. The van der Waals surface area contributed by atoms with Crippen molar-refractivity contribution in [1.82, 2.24) is 0 Å². The van der Waals surface area contributed by atoms with Gasteiger partial charge < -0.3 is 39.9 Å². The van der Waals surface area contributed by atoms with Crippen LogP contribution in [-0.2, 0) is 32.7 Å². The third kappa shape index (κ3) is 36.4. The Labute approximate surface area is 418 Å². The predicted octanol–water partition coefficient (Wildman–Crippen LogP) is 12.3. The summed E-state index contributed by atoms with van der Waals surface area (Å²) in [5.41, 5.74) is 0. The lowest BCUT2D eigenvalue weighted by atomic mass is 9.85. The van der Waals surface area contributed by atoms with E-state index in [-0.39, 0.29) is 12.8 Å². The number of phosphoric acid groups is 1. The van der Waals surface area contributed by atoms with Crippen molar-refractivity contribution in [2.24, 2.45) is 0 Å². The molecule has 14 heteroatoms. The summed E-state index contributed by atoms with van der Waals surface area (Å²) >= 11 is 0. The van der Waals surface area contributed by atoms with Crippen LogP contribution in [0.3, 0.4) is 0 Å². The van der Waals surface area contributed by atoms with Gasteiger partial charge in [-0.3, -0.25) is 18.6 Å². The Morgan fingerprint density at radius 1 is 0.464 bits per heavy atom. The number of rotatable bonds is 46. The molecule has 0 amide bonds. The molecule has 0 radical (unpaired) electrons. The maximum absolute atomic E-state index is 12.9. The molecular formula is C55H99O13P. The highest BCUT2D eigenvalue weighted by Crippen LogP contribution is 2.47. The molecule has 1 fully saturated rings. The molecule has 0 spiro atoms. The van der Waals surface area contributed by atoms with Crippen LogP contribution in [0.5, 0.6) is 0 Å². The van der Waals surface area contributed by atoms with Gasteiger partial charge in [-0.2, -0.15) is 0 Å². The second-order valence-electron chi connectivity index (χ2n) is 19.1. The first kappa shape index (κ1) is 64.8. The van der Waals surface area contributed by atoms with Crippen molar-refractivity contribution in [1.29, 1.82) is 0 Å². The zero-order valence-electron chi connectivity index (χ0n) is 43.1. The molecule has 6 unspecified atom stereocenters. The van der Waals surface area contributed by atoms with Crippen molar-refractivity contribution in [3.63, 3.8) is 0 Å². The highest BCUT2D eigenvalue weighted by molar-refractivity contribution is 7.47. The van der Waals surface area contributed by atoms with Gasteiger partial charge in [0, 0.05) is 12.8 Å². The van der Waals surface area contributed by atoms with Crippen LogP contribution in [0, 0.1) is 0 Å². The van der Waals surface area contributed by atoms with Crippen LogP contribution in [0.4, 0.5) is 0 Å². The first-order valence-corrected chi connectivity index (χ1v) is 28.9. The molecule has 0 aromatic rings. The highest BCUT2D eigenvalue weighted by atomic mass is 31.2. The molecule has 0 heterocycles. The highest BCUT2D eigenvalue weighted by Gasteiger charge is 2.51. The van der Waals surface area contributed by atoms with Crippen LogP contribution >= 0.6 is 7.82 Å². The van der Waals surface area contributed by atoms with Crippen molar-refractivity contribution < 1.29 is 63.1 Å². The van der Waals surface area contributed by atoms with E-state index in [9.17, 15) is 44.6 Å². The average molecular weight is 999 g/mol. The molecule has 1 aliphatic carbocycles.